The lowest BCUT2D eigenvalue weighted by molar-refractivity contribution is -0.119. The van der Waals surface area contributed by atoms with Crippen molar-refractivity contribution in [1.82, 2.24) is 10.3 Å². The van der Waals surface area contributed by atoms with Gasteiger partial charge in [-0.15, -0.1) is 11.3 Å². The summed E-state index contributed by atoms with van der Waals surface area (Å²) >= 11 is 1.35. The van der Waals surface area contributed by atoms with Crippen LogP contribution in [0.1, 0.15) is 12.5 Å². The Morgan fingerprint density at radius 3 is 2.32 bits per heavy atom. The van der Waals surface area contributed by atoms with Gasteiger partial charge in [-0.3, -0.25) is 14.9 Å². The summed E-state index contributed by atoms with van der Waals surface area (Å²) in [6.07, 6.45) is 0. The van der Waals surface area contributed by atoms with Gasteiger partial charge in [-0.05, 0) is 42.0 Å². The fourth-order valence-corrected chi connectivity index (χ4v) is 3.85. The molecule has 0 saturated carbocycles. The van der Waals surface area contributed by atoms with Crippen molar-refractivity contribution in [3.8, 4) is 17.0 Å². The van der Waals surface area contributed by atoms with Crippen molar-refractivity contribution in [3.63, 3.8) is 0 Å². The number of hydrogen-bond donors (Lipinski definition) is 3. The van der Waals surface area contributed by atoms with Crippen molar-refractivity contribution >= 4 is 39.7 Å². The van der Waals surface area contributed by atoms with Crippen molar-refractivity contribution in [3.05, 3.63) is 89.8 Å². The van der Waals surface area contributed by atoms with E-state index >= 15 is 0 Å². The second kappa shape index (κ2) is 11.1. The van der Waals surface area contributed by atoms with Crippen LogP contribution in [0.5, 0.6) is 5.75 Å². The van der Waals surface area contributed by atoms with Gasteiger partial charge in [0.05, 0.1) is 5.69 Å². The predicted molar refractivity (Wildman–Crippen MR) is 135 cm³/mol. The fraction of sp³-hybridized carbons (Fsp3) is 0.115. The minimum Gasteiger partial charge on any atom is -0.484 e. The van der Waals surface area contributed by atoms with E-state index in [0.29, 0.717) is 17.4 Å². The van der Waals surface area contributed by atoms with Crippen LogP contribution < -0.4 is 20.7 Å². The molecule has 0 aliphatic rings. The van der Waals surface area contributed by atoms with E-state index in [9.17, 15) is 9.59 Å². The number of amides is 2. The Hall–Kier alpha value is -4.17. The Morgan fingerprint density at radius 1 is 0.912 bits per heavy atom. The van der Waals surface area contributed by atoms with E-state index in [1.807, 2.05) is 84.2 Å². The van der Waals surface area contributed by atoms with Gasteiger partial charge in [-0.25, -0.2) is 4.98 Å². The number of carbonyl (C=O) groups is 2. The molecule has 0 spiro atoms. The average molecular weight is 473 g/mol. The van der Waals surface area contributed by atoms with E-state index in [4.69, 9.17) is 4.74 Å². The van der Waals surface area contributed by atoms with E-state index in [-0.39, 0.29) is 18.4 Å². The third kappa shape index (κ3) is 6.66. The van der Waals surface area contributed by atoms with Crippen LogP contribution in [0.2, 0.25) is 0 Å². The van der Waals surface area contributed by atoms with Gasteiger partial charge in [-0.1, -0.05) is 42.5 Å². The Balaban J connectivity index is 1.26. The van der Waals surface area contributed by atoms with E-state index in [1.165, 1.54) is 18.3 Å². The normalized spacial score (nSPS) is 10.4. The summed E-state index contributed by atoms with van der Waals surface area (Å²) in [6, 6.07) is 25.1. The highest BCUT2D eigenvalue weighted by Crippen LogP contribution is 2.25. The standard InChI is InChI=1S/C26H24N4O3S/c1-18(31)27-15-19-7-9-20(10-8-19)24-17-34-26(29-24)30-25(32)16-33-23-13-11-22(12-14-23)28-21-5-3-2-4-6-21/h2-14,17,28H,15-16H2,1H3,(H,27,31)(H,29,30,32). The largest absolute Gasteiger partial charge is 0.484 e. The number of anilines is 3. The van der Waals surface area contributed by atoms with Gasteiger partial charge in [0.25, 0.3) is 5.91 Å². The zero-order chi connectivity index (χ0) is 23.8. The molecule has 2 amide bonds. The number of thiazole rings is 1. The van der Waals surface area contributed by atoms with Gasteiger partial charge in [-0.2, -0.15) is 0 Å². The number of benzene rings is 3. The molecule has 0 aliphatic carbocycles. The quantitative estimate of drug-likeness (QED) is 0.311. The highest BCUT2D eigenvalue weighted by atomic mass is 32.1. The topological polar surface area (TPSA) is 92.4 Å². The van der Waals surface area contributed by atoms with Gasteiger partial charge in [0.1, 0.15) is 5.75 Å². The van der Waals surface area contributed by atoms with Gasteiger partial charge in [0.15, 0.2) is 11.7 Å². The maximum absolute atomic E-state index is 12.3. The molecule has 0 fully saturated rings. The molecule has 0 bridgehead atoms. The first-order valence-electron chi connectivity index (χ1n) is 10.7. The van der Waals surface area contributed by atoms with Gasteiger partial charge < -0.3 is 15.4 Å². The molecule has 3 aromatic carbocycles. The summed E-state index contributed by atoms with van der Waals surface area (Å²) in [5, 5.41) is 11.2. The summed E-state index contributed by atoms with van der Waals surface area (Å²) < 4.78 is 5.60. The summed E-state index contributed by atoms with van der Waals surface area (Å²) in [7, 11) is 0. The van der Waals surface area contributed by atoms with Crippen molar-refractivity contribution in [2.75, 3.05) is 17.2 Å². The second-order valence-electron chi connectivity index (χ2n) is 7.50. The molecule has 4 rings (SSSR count). The SMILES string of the molecule is CC(=O)NCc1ccc(-c2csc(NC(=O)COc3ccc(Nc4ccccc4)cc3)n2)cc1. The molecule has 1 heterocycles. The highest BCUT2D eigenvalue weighted by Gasteiger charge is 2.09. The third-order valence-electron chi connectivity index (χ3n) is 4.83. The number of ether oxygens (including phenoxy) is 1. The number of nitrogens with zero attached hydrogens (tertiary/aromatic N) is 1. The minimum absolute atomic E-state index is 0.0648. The number of rotatable bonds is 9. The fourth-order valence-electron chi connectivity index (χ4n) is 3.11. The van der Waals surface area contributed by atoms with Crippen LogP contribution in [0, 0.1) is 0 Å². The van der Waals surface area contributed by atoms with Crippen molar-refractivity contribution in [2.45, 2.75) is 13.5 Å². The zero-order valence-corrected chi connectivity index (χ0v) is 19.4. The molecule has 7 nitrogen and oxygen atoms in total. The Kier molecular flexibility index (Phi) is 7.52. The Morgan fingerprint density at radius 2 is 1.62 bits per heavy atom. The first-order chi connectivity index (χ1) is 16.5. The molecule has 0 unspecified atom stereocenters. The third-order valence-corrected chi connectivity index (χ3v) is 5.59. The van der Waals surface area contributed by atoms with Gasteiger partial charge in [0.2, 0.25) is 5.91 Å². The van der Waals surface area contributed by atoms with Gasteiger partial charge in [0, 0.05) is 35.8 Å². The molecule has 3 N–H and O–H groups in total. The maximum Gasteiger partial charge on any atom is 0.264 e. The van der Waals surface area contributed by atoms with Crippen LogP contribution in [-0.4, -0.2) is 23.4 Å². The van der Waals surface area contributed by atoms with Crippen LogP contribution in [0.25, 0.3) is 11.3 Å². The molecule has 0 radical (unpaired) electrons. The number of nitrogens with one attached hydrogen (secondary N) is 3. The molecule has 4 aromatic rings. The first-order valence-corrected chi connectivity index (χ1v) is 11.6. The monoisotopic (exact) mass is 472 g/mol. The van der Waals surface area contributed by atoms with E-state index in [1.54, 1.807) is 0 Å². The van der Waals surface area contributed by atoms with Gasteiger partial charge >= 0.3 is 0 Å². The average Bonchev–Trinajstić information content (AvgIpc) is 3.31. The molecule has 0 saturated heterocycles. The summed E-state index contributed by atoms with van der Waals surface area (Å²) in [5.74, 6) is 0.260. The minimum atomic E-state index is -0.280. The number of para-hydroxylation sites is 1. The van der Waals surface area contributed by atoms with Crippen LogP contribution in [0.3, 0.4) is 0 Å². The van der Waals surface area contributed by atoms with Crippen LogP contribution in [0.4, 0.5) is 16.5 Å². The summed E-state index contributed by atoms with van der Waals surface area (Å²) in [6.45, 7) is 1.86. The van der Waals surface area contributed by atoms with Crippen molar-refractivity contribution < 1.29 is 14.3 Å². The van der Waals surface area contributed by atoms with Crippen molar-refractivity contribution in [1.29, 1.82) is 0 Å². The molecule has 0 atom stereocenters. The lowest BCUT2D eigenvalue weighted by Crippen LogP contribution is -2.20. The highest BCUT2D eigenvalue weighted by molar-refractivity contribution is 7.14. The molecule has 34 heavy (non-hydrogen) atoms. The number of aromatic nitrogens is 1. The predicted octanol–water partition coefficient (Wildman–Crippen LogP) is 5.21. The van der Waals surface area contributed by atoms with Crippen molar-refractivity contribution in [2.24, 2.45) is 0 Å². The van der Waals surface area contributed by atoms with E-state index in [2.05, 4.69) is 20.9 Å². The Bertz CT molecular complexity index is 1240. The Labute approximate surface area is 201 Å². The molecule has 172 valence electrons. The van der Waals surface area contributed by atoms with Crippen LogP contribution in [0.15, 0.2) is 84.2 Å². The van der Waals surface area contributed by atoms with E-state index in [0.717, 1.165) is 28.2 Å². The zero-order valence-electron chi connectivity index (χ0n) is 18.6. The summed E-state index contributed by atoms with van der Waals surface area (Å²) in [4.78, 5) is 27.8. The molecular weight excluding hydrogens is 448 g/mol. The lowest BCUT2D eigenvalue weighted by Gasteiger charge is -2.09. The first kappa shape index (κ1) is 23.0. The second-order valence-corrected chi connectivity index (χ2v) is 8.35. The molecule has 0 aliphatic heterocycles. The molecular formula is C26H24N4O3S. The smallest absolute Gasteiger partial charge is 0.264 e. The number of hydrogen-bond acceptors (Lipinski definition) is 6. The molecule has 8 heteroatoms. The van der Waals surface area contributed by atoms with E-state index < -0.39 is 0 Å². The van der Waals surface area contributed by atoms with Crippen LogP contribution >= 0.6 is 11.3 Å². The number of carbonyl (C=O) groups excluding carboxylic acids is 2. The lowest BCUT2D eigenvalue weighted by atomic mass is 10.1. The van der Waals surface area contributed by atoms with Crippen LogP contribution in [-0.2, 0) is 16.1 Å². The maximum atomic E-state index is 12.3. The molecule has 1 aromatic heterocycles. The summed E-state index contributed by atoms with van der Waals surface area (Å²) in [5.41, 5.74) is 4.64.